The molecule has 0 aromatic heterocycles. The van der Waals surface area contributed by atoms with Gasteiger partial charge < -0.3 is 15.3 Å². The van der Waals surface area contributed by atoms with E-state index < -0.39 is 11.5 Å². The van der Waals surface area contributed by atoms with Gasteiger partial charge in [-0.1, -0.05) is 41.2 Å². The summed E-state index contributed by atoms with van der Waals surface area (Å²) in [5, 5.41) is 13.4. The second-order valence-corrected chi connectivity index (χ2v) is 7.57. The molecule has 1 heterocycles. The maximum absolute atomic E-state index is 12.0. The van der Waals surface area contributed by atoms with E-state index in [1.54, 1.807) is 6.08 Å². The number of carbonyl (C=O) groups is 2. The number of rotatable bonds is 8. The minimum Gasteiger partial charge on any atom is -0.392 e. The molecule has 2 amide bonds. The zero-order valence-corrected chi connectivity index (χ0v) is 15.0. The SMILES string of the molecule is C=C1C=CC(=O)N1CCC(=O)NCC(C)(C)C(O)C(C)(C)CC. The van der Waals surface area contributed by atoms with Gasteiger partial charge in [-0.05, 0) is 17.9 Å². The molecular formula is C18H30N2O3. The van der Waals surface area contributed by atoms with E-state index in [1.165, 1.54) is 11.0 Å². The summed E-state index contributed by atoms with van der Waals surface area (Å²) in [4.78, 5) is 25.1. The van der Waals surface area contributed by atoms with Gasteiger partial charge in [0.1, 0.15) is 0 Å². The van der Waals surface area contributed by atoms with E-state index in [0.29, 0.717) is 18.8 Å². The first-order valence-electron chi connectivity index (χ1n) is 8.14. The lowest BCUT2D eigenvalue weighted by Gasteiger charge is -2.40. The predicted octanol–water partition coefficient (Wildman–Crippen LogP) is 2.23. The van der Waals surface area contributed by atoms with Crippen LogP contribution in [0.4, 0.5) is 0 Å². The molecule has 0 aliphatic carbocycles. The lowest BCUT2D eigenvalue weighted by molar-refractivity contribution is -0.125. The summed E-state index contributed by atoms with van der Waals surface area (Å²) in [6, 6.07) is 0. The van der Waals surface area contributed by atoms with Crippen LogP contribution in [0, 0.1) is 10.8 Å². The van der Waals surface area contributed by atoms with Crippen LogP contribution in [0.15, 0.2) is 24.4 Å². The molecule has 5 nitrogen and oxygen atoms in total. The molecule has 5 heteroatoms. The Labute approximate surface area is 139 Å². The van der Waals surface area contributed by atoms with Gasteiger partial charge in [0.05, 0.1) is 6.10 Å². The van der Waals surface area contributed by atoms with Gasteiger partial charge in [0.25, 0.3) is 5.91 Å². The fourth-order valence-electron chi connectivity index (χ4n) is 2.72. The van der Waals surface area contributed by atoms with Gasteiger partial charge in [0.15, 0.2) is 0 Å². The van der Waals surface area contributed by atoms with Crippen molar-refractivity contribution < 1.29 is 14.7 Å². The second kappa shape index (κ2) is 7.30. The maximum atomic E-state index is 12.0. The van der Waals surface area contributed by atoms with Crippen molar-refractivity contribution in [3.63, 3.8) is 0 Å². The van der Waals surface area contributed by atoms with Crippen LogP contribution in [-0.2, 0) is 9.59 Å². The van der Waals surface area contributed by atoms with Crippen LogP contribution in [0.25, 0.3) is 0 Å². The summed E-state index contributed by atoms with van der Waals surface area (Å²) in [5.41, 5.74) is -0.0214. The fraction of sp³-hybridized carbons (Fsp3) is 0.667. The van der Waals surface area contributed by atoms with E-state index >= 15 is 0 Å². The Balaban J connectivity index is 2.46. The minimum absolute atomic E-state index is 0.132. The van der Waals surface area contributed by atoms with Crippen molar-refractivity contribution in [1.82, 2.24) is 10.2 Å². The quantitative estimate of drug-likeness (QED) is 0.720. The van der Waals surface area contributed by atoms with Gasteiger partial charge >= 0.3 is 0 Å². The van der Waals surface area contributed by atoms with Crippen LogP contribution in [0.3, 0.4) is 0 Å². The van der Waals surface area contributed by atoms with E-state index in [1.807, 2.05) is 34.6 Å². The summed E-state index contributed by atoms with van der Waals surface area (Å²) in [6.07, 6.45) is 3.65. The Kier molecular flexibility index (Phi) is 6.17. The molecule has 1 aliphatic rings. The van der Waals surface area contributed by atoms with E-state index in [9.17, 15) is 14.7 Å². The van der Waals surface area contributed by atoms with E-state index in [-0.39, 0.29) is 23.7 Å². The molecule has 0 spiro atoms. The first kappa shape index (κ1) is 19.4. The number of hydrogen-bond acceptors (Lipinski definition) is 3. The van der Waals surface area contributed by atoms with Gasteiger partial charge in [-0.15, -0.1) is 0 Å². The number of hydrogen-bond donors (Lipinski definition) is 2. The van der Waals surface area contributed by atoms with Gasteiger partial charge in [-0.25, -0.2) is 0 Å². The molecule has 1 aliphatic heterocycles. The Morgan fingerprint density at radius 2 is 1.91 bits per heavy atom. The number of nitrogens with one attached hydrogen (secondary N) is 1. The highest BCUT2D eigenvalue weighted by atomic mass is 16.3. The smallest absolute Gasteiger partial charge is 0.251 e. The standard InChI is InChI=1S/C18H30N2O3/c1-7-17(3,4)16(23)18(5,6)12-19-14(21)10-11-20-13(2)8-9-15(20)22/h8-9,16,23H,2,7,10-12H2,1,3-6H3,(H,19,21). The molecule has 0 saturated carbocycles. The number of aliphatic hydroxyl groups excluding tert-OH is 1. The Morgan fingerprint density at radius 3 is 2.39 bits per heavy atom. The molecule has 130 valence electrons. The molecule has 23 heavy (non-hydrogen) atoms. The van der Waals surface area contributed by atoms with Gasteiger partial charge in [-0.2, -0.15) is 0 Å². The third-order valence-corrected chi connectivity index (χ3v) is 4.73. The zero-order valence-electron chi connectivity index (χ0n) is 15.0. The second-order valence-electron chi connectivity index (χ2n) is 7.57. The van der Waals surface area contributed by atoms with E-state index in [0.717, 1.165) is 6.42 Å². The lowest BCUT2D eigenvalue weighted by atomic mass is 9.70. The highest BCUT2D eigenvalue weighted by molar-refractivity contribution is 5.93. The first-order chi connectivity index (χ1) is 10.5. The molecule has 0 bridgehead atoms. The van der Waals surface area contributed by atoms with Gasteiger partial charge in [-0.3, -0.25) is 9.59 Å². The molecule has 2 N–H and O–H groups in total. The van der Waals surface area contributed by atoms with Crippen LogP contribution in [0.2, 0.25) is 0 Å². The average Bonchev–Trinajstić information content (AvgIpc) is 2.81. The highest BCUT2D eigenvalue weighted by Gasteiger charge is 2.38. The molecule has 0 radical (unpaired) electrons. The maximum Gasteiger partial charge on any atom is 0.251 e. The Hall–Kier alpha value is -1.62. The number of nitrogens with zero attached hydrogens (tertiary/aromatic N) is 1. The summed E-state index contributed by atoms with van der Waals surface area (Å²) in [7, 11) is 0. The van der Waals surface area contributed by atoms with E-state index in [4.69, 9.17) is 0 Å². The average molecular weight is 322 g/mol. The topological polar surface area (TPSA) is 69.6 Å². The molecule has 1 atom stereocenters. The summed E-state index contributed by atoms with van der Waals surface area (Å²) < 4.78 is 0. The zero-order chi connectivity index (χ0) is 17.8. The number of amides is 2. The van der Waals surface area contributed by atoms with Crippen molar-refractivity contribution >= 4 is 11.8 Å². The molecule has 0 aromatic carbocycles. The number of carbonyl (C=O) groups excluding carboxylic acids is 2. The van der Waals surface area contributed by atoms with Crippen molar-refractivity contribution in [2.45, 2.75) is 53.6 Å². The van der Waals surface area contributed by atoms with Crippen LogP contribution in [-0.4, -0.2) is 41.0 Å². The largest absolute Gasteiger partial charge is 0.392 e. The highest BCUT2D eigenvalue weighted by Crippen LogP contribution is 2.36. The Bertz CT molecular complexity index is 488. The summed E-state index contributed by atoms with van der Waals surface area (Å²) in [5.74, 6) is -0.268. The van der Waals surface area contributed by atoms with Crippen LogP contribution in [0.1, 0.15) is 47.5 Å². The normalized spacial score (nSPS) is 16.9. The predicted molar refractivity (Wildman–Crippen MR) is 91.5 cm³/mol. The third kappa shape index (κ3) is 4.93. The number of allylic oxidation sites excluding steroid dienone is 1. The molecular weight excluding hydrogens is 292 g/mol. The molecule has 1 rings (SSSR count). The van der Waals surface area contributed by atoms with Gasteiger partial charge in [0, 0.05) is 36.7 Å². The molecule has 0 aromatic rings. The van der Waals surface area contributed by atoms with Crippen molar-refractivity contribution in [2.75, 3.05) is 13.1 Å². The van der Waals surface area contributed by atoms with Gasteiger partial charge in [0.2, 0.25) is 5.91 Å². The summed E-state index contributed by atoms with van der Waals surface area (Å²) >= 11 is 0. The van der Waals surface area contributed by atoms with Crippen molar-refractivity contribution in [3.05, 3.63) is 24.4 Å². The lowest BCUT2D eigenvalue weighted by Crippen LogP contribution is -2.48. The monoisotopic (exact) mass is 322 g/mol. The molecule has 0 saturated heterocycles. The van der Waals surface area contributed by atoms with Crippen LogP contribution < -0.4 is 5.32 Å². The molecule has 0 fully saturated rings. The summed E-state index contributed by atoms with van der Waals surface area (Å²) in [6.45, 7) is 14.5. The van der Waals surface area contributed by atoms with Crippen molar-refractivity contribution in [3.8, 4) is 0 Å². The van der Waals surface area contributed by atoms with Crippen molar-refractivity contribution in [1.29, 1.82) is 0 Å². The van der Waals surface area contributed by atoms with Crippen molar-refractivity contribution in [2.24, 2.45) is 10.8 Å². The minimum atomic E-state index is -0.524. The molecule has 1 unspecified atom stereocenters. The van der Waals surface area contributed by atoms with E-state index in [2.05, 4.69) is 11.9 Å². The van der Waals surface area contributed by atoms with Crippen LogP contribution >= 0.6 is 0 Å². The number of aliphatic hydroxyl groups is 1. The van der Waals surface area contributed by atoms with Crippen LogP contribution in [0.5, 0.6) is 0 Å². The third-order valence-electron chi connectivity index (χ3n) is 4.73. The first-order valence-corrected chi connectivity index (χ1v) is 8.14. The fourth-order valence-corrected chi connectivity index (χ4v) is 2.72. The Morgan fingerprint density at radius 1 is 1.30 bits per heavy atom.